The van der Waals surface area contributed by atoms with Crippen molar-refractivity contribution in [3.8, 4) is 0 Å². The number of ether oxygens (including phenoxy) is 2. The topological polar surface area (TPSA) is 18.5 Å². The summed E-state index contributed by atoms with van der Waals surface area (Å²) in [4.78, 5) is 0. The van der Waals surface area contributed by atoms with Crippen LogP contribution in [0.1, 0.15) is 26.2 Å². The molecule has 0 radical (unpaired) electrons. The Labute approximate surface area is 91.3 Å². The van der Waals surface area contributed by atoms with E-state index < -0.39 is 0 Å². The van der Waals surface area contributed by atoms with Crippen molar-refractivity contribution in [2.24, 2.45) is 0 Å². The summed E-state index contributed by atoms with van der Waals surface area (Å²) in [6.07, 6.45) is 11.5. The van der Waals surface area contributed by atoms with Gasteiger partial charge in [0.1, 0.15) is 0 Å². The van der Waals surface area contributed by atoms with Crippen LogP contribution in [0.4, 0.5) is 0 Å². The third-order valence-electron chi connectivity index (χ3n) is 2.81. The van der Waals surface area contributed by atoms with Crippen molar-refractivity contribution < 1.29 is 9.47 Å². The molecule has 2 aliphatic rings. The van der Waals surface area contributed by atoms with E-state index in [4.69, 9.17) is 9.47 Å². The van der Waals surface area contributed by atoms with Crippen molar-refractivity contribution in [2.75, 3.05) is 13.2 Å². The lowest BCUT2D eigenvalue weighted by molar-refractivity contribution is -0.180. The molecule has 0 aromatic heterocycles. The van der Waals surface area contributed by atoms with E-state index in [1.165, 1.54) is 11.1 Å². The number of hydrogen-bond acceptors (Lipinski definition) is 2. The molecule has 0 spiro atoms. The van der Waals surface area contributed by atoms with Gasteiger partial charge in [0, 0.05) is 6.42 Å². The lowest BCUT2D eigenvalue weighted by atomic mass is 10.1. The molecule has 0 N–H and O–H groups in total. The van der Waals surface area contributed by atoms with Crippen LogP contribution in [0, 0.1) is 0 Å². The first-order valence-electron chi connectivity index (χ1n) is 5.64. The monoisotopic (exact) mass is 206 g/mol. The Morgan fingerprint density at radius 3 is 2.60 bits per heavy atom. The molecule has 2 heteroatoms. The fourth-order valence-corrected chi connectivity index (χ4v) is 1.84. The van der Waals surface area contributed by atoms with Crippen molar-refractivity contribution in [3.05, 3.63) is 35.5 Å². The molecule has 0 aromatic carbocycles. The average molecular weight is 206 g/mol. The van der Waals surface area contributed by atoms with Crippen LogP contribution in [0.15, 0.2) is 35.5 Å². The van der Waals surface area contributed by atoms with Gasteiger partial charge in [-0.05, 0) is 25.3 Å². The minimum atomic E-state index is 0.0173. The summed E-state index contributed by atoms with van der Waals surface area (Å²) >= 11 is 0. The van der Waals surface area contributed by atoms with Crippen LogP contribution in [-0.4, -0.2) is 19.5 Å². The Kier molecular flexibility index (Phi) is 3.75. The van der Waals surface area contributed by atoms with Crippen LogP contribution >= 0.6 is 0 Å². The van der Waals surface area contributed by atoms with E-state index in [1.807, 2.05) is 0 Å². The highest BCUT2D eigenvalue weighted by Gasteiger charge is 2.14. The van der Waals surface area contributed by atoms with Crippen molar-refractivity contribution in [2.45, 2.75) is 32.5 Å². The van der Waals surface area contributed by atoms with E-state index in [-0.39, 0.29) is 6.29 Å². The molecule has 2 rings (SSSR count). The zero-order chi connectivity index (χ0) is 10.5. The van der Waals surface area contributed by atoms with Crippen molar-refractivity contribution in [1.29, 1.82) is 0 Å². The maximum Gasteiger partial charge on any atom is 0.157 e. The van der Waals surface area contributed by atoms with Gasteiger partial charge in [0.05, 0.1) is 13.2 Å². The normalized spacial score (nSPS) is 21.3. The zero-order valence-electron chi connectivity index (χ0n) is 9.24. The molecule has 82 valence electrons. The van der Waals surface area contributed by atoms with Crippen molar-refractivity contribution >= 4 is 0 Å². The minimum Gasteiger partial charge on any atom is -0.353 e. The van der Waals surface area contributed by atoms with E-state index in [0.717, 1.165) is 32.5 Å². The molecule has 0 saturated carbocycles. The standard InChI is InChI=1S/C13H18O2/c1-11(12-5-2-3-6-12)7-8-13-14-9-4-10-15-13/h2-3,5-6,13H,4,7-10H2,1H3. The summed E-state index contributed by atoms with van der Waals surface area (Å²) < 4.78 is 11.0. The van der Waals surface area contributed by atoms with Crippen LogP contribution in [0.2, 0.25) is 0 Å². The van der Waals surface area contributed by atoms with Gasteiger partial charge in [0.2, 0.25) is 0 Å². The summed E-state index contributed by atoms with van der Waals surface area (Å²) in [6.45, 7) is 3.87. The number of hydrogen-bond donors (Lipinski definition) is 0. The molecule has 1 aliphatic heterocycles. The van der Waals surface area contributed by atoms with Crippen LogP contribution in [-0.2, 0) is 9.47 Å². The maximum atomic E-state index is 5.51. The predicted molar refractivity (Wildman–Crippen MR) is 60.5 cm³/mol. The molecular formula is C13H18O2. The summed E-state index contributed by atoms with van der Waals surface area (Å²) in [5, 5.41) is 0. The van der Waals surface area contributed by atoms with Crippen LogP contribution in [0.3, 0.4) is 0 Å². The van der Waals surface area contributed by atoms with Gasteiger partial charge in [-0.1, -0.05) is 29.9 Å². The molecule has 0 aromatic rings. The molecule has 1 fully saturated rings. The van der Waals surface area contributed by atoms with Crippen molar-refractivity contribution in [1.82, 2.24) is 0 Å². The van der Waals surface area contributed by atoms with E-state index >= 15 is 0 Å². The first-order valence-corrected chi connectivity index (χ1v) is 5.64. The molecule has 15 heavy (non-hydrogen) atoms. The van der Waals surface area contributed by atoms with Gasteiger partial charge in [-0.2, -0.15) is 0 Å². The molecule has 0 unspecified atom stereocenters. The third-order valence-corrected chi connectivity index (χ3v) is 2.81. The van der Waals surface area contributed by atoms with Gasteiger partial charge in [-0.25, -0.2) is 0 Å². The quantitative estimate of drug-likeness (QED) is 0.706. The third kappa shape index (κ3) is 3.05. The number of allylic oxidation sites excluding steroid dienone is 6. The van der Waals surface area contributed by atoms with Crippen molar-refractivity contribution in [3.63, 3.8) is 0 Å². The largest absolute Gasteiger partial charge is 0.353 e. The molecular weight excluding hydrogens is 188 g/mol. The summed E-state index contributed by atoms with van der Waals surface area (Å²) in [5.74, 6) is 0. The summed E-state index contributed by atoms with van der Waals surface area (Å²) in [5.41, 5.74) is 2.75. The maximum absolute atomic E-state index is 5.51. The summed E-state index contributed by atoms with van der Waals surface area (Å²) in [7, 11) is 0. The smallest absolute Gasteiger partial charge is 0.157 e. The second-order valence-corrected chi connectivity index (χ2v) is 4.02. The Morgan fingerprint density at radius 2 is 1.93 bits per heavy atom. The summed E-state index contributed by atoms with van der Waals surface area (Å²) in [6, 6.07) is 0. The highest BCUT2D eigenvalue weighted by atomic mass is 16.7. The highest BCUT2D eigenvalue weighted by molar-refractivity contribution is 5.42. The molecule has 1 saturated heterocycles. The average Bonchev–Trinajstić information content (AvgIpc) is 2.81. The predicted octanol–water partition coefficient (Wildman–Crippen LogP) is 2.97. The first-order chi connectivity index (χ1) is 7.36. The molecule has 0 bridgehead atoms. The van der Waals surface area contributed by atoms with Gasteiger partial charge in [0.25, 0.3) is 0 Å². The molecule has 0 amide bonds. The SMILES string of the molecule is CC(CCC1OCCCO1)=C1C=CC=C1. The van der Waals surface area contributed by atoms with Crippen LogP contribution < -0.4 is 0 Å². The highest BCUT2D eigenvalue weighted by Crippen LogP contribution is 2.20. The Balaban J connectivity index is 1.79. The first kappa shape index (κ1) is 10.7. The van der Waals surface area contributed by atoms with Gasteiger partial charge >= 0.3 is 0 Å². The fourth-order valence-electron chi connectivity index (χ4n) is 1.84. The molecule has 1 heterocycles. The lowest BCUT2D eigenvalue weighted by Gasteiger charge is -2.23. The van der Waals surface area contributed by atoms with E-state index in [2.05, 4.69) is 31.2 Å². The van der Waals surface area contributed by atoms with Gasteiger partial charge in [-0.3, -0.25) is 0 Å². The second-order valence-electron chi connectivity index (χ2n) is 4.02. The minimum absolute atomic E-state index is 0.0173. The zero-order valence-corrected chi connectivity index (χ0v) is 9.24. The lowest BCUT2D eigenvalue weighted by Crippen LogP contribution is -2.24. The Morgan fingerprint density at radius 1 is 1.27 bits per heavy atom. The van der Waals surface area contributed by atoms with E-state index in [1.54, 1.807) is 0 Å². The van der Waals surface area contributed by atoms with Gasteiger partial charge < -0.3 is 9.47 Å². The van der Waals surface area contributed by atoms with Crippen LogP contribution in [0.5, 0.6) is 0 Å². The van der Waals surface area contributed by atoms with E-state index in [0.29, 0.717) is 0 Å². The fraction of sp³-hybridized carbons (Fsp3) is 0.538. The van der Waals surface area contributed by atoms with Gasteiger partial charge in [-0.15, -0.1) is 0 Å². The second kappa shape index (κ2) is 5.29. The molecule has 1 aliphatic carbocycles. The van der Waals surface area contributed by atoms with Gasteiger partial charge in [0.15, 0.2) is 6.29 Å². The van der Waals surface area contributed by atoms with E-state index in [9.17, 15) is 0 Å². The molecule has 2 nitrogen and oxygen atoms in total. The Hall–Kier alpha value is -0.860. The molecule has 0 atom stereocenters. The number of rotatable bonds is 3. The Bertz CT molecular complexity index is 280. The van der Waals surface area contributed by atoms with Crippen LogP contribution in [0.25, 0.3) is 0 Å².